The average molecular weight is 290 g/mol. The van der Waals surface area contributed by atoms with E-state index in [2.05, 4.69) is 0 Å². The Labute approximate surface area is 123 Å². The number of carbonyl (C=O) groups excluding carboxylic acids is 1. The van der Waals surface area contributed by atoms with Crippen molar-refractivity contribution in [1.29, 1.82) is 5.26 Å². The van der Waals surface area contributed by atoms with Crippen LogP contribution in [0.1, 0.15) is 23.2 Å². The van der Waals surface area contributed by atoms with Crippen LogP contribution in [-0.2, 0) is 0 Å². The minimum absolute atomic E-state index is 0.0835. The molecular formula is C15H18N2O4. The van der Waals surface area contributed by atoms with Crippen LogP contribution >= 0.6 is 0 Å². The number of methoxy groups -OCH3 is 3. The van der Waals surface area contributed by atoms with Crippen molar-refractivity contribution in [2.45, 2.75) is 18.9 Å². The van der Waals surface area contributed by atoms with Crippen molar-refractivity contribution in [3.8, 4) is 23.3 Å². The Bertz CT molecular complexity index is 551. The zero-order valence-corrected chi connectivity index (χ0v) is 12.4. The summed E-state index contributed by atoms with van der Waals surface area (Å²) >= 11 is 0. The van der Waals surface area contributed by atoms with Crippen molar-refractivity contribution < 1.29 is 19.0 Å². The number of nitriles is 1. The largest absolute Gasteiger partial charge is 0.493 e. The smallest absolute Gasteiger partial charge is 0.255 e. The predicted octanol–water partition coefficient (Wildman–Crippen LogP) is 1.84. The van der Waals surface area contributed by atoms with Gasteiger partial charge in [0.05, 0.1) is 27.4 Å². The molecule has 0 bridgehead atoms. The van der Waals surface area contributed by atoms with Crippen LogP contribution in [0.25, 0.3) is 0 Å². The number of ether oxygens (including phenoxy) is 3. The fourth-order valence-corrected chi connectivity index (χ4v) is 2.20. The maximum Gasteiger partial charge on any atom is 0.255 e. The maximum atomic E-state index is 12.6. The Morgan fingerprint density at radius 3 is 2.19 bits per heavy atom. The van der Waals surface area contributed by atoms with E-state index >= 15 is 0 Å². The molecule has 0 radical (unpaired) electrons. The third-order valence-electron chi connectivity index (χ3n) is 3.40. The van der Waals surface area contributed by atoms with Gasteiger partial charge in [0.25, 0.3) is 5.91 Å². The molecular weight excluding hydrogens is 272 g/mol. The second-order valence-electron chi connectivity index (χ2n) is 4.74. The van der Waals surface area contributed by atoms with Crippen LogP contribution in [-0.4, -0.2) is 44.7 Å². The SMILES string of the molecule is COc1cc(C(=O)N(CC#N)C2CC2)cc(OC)c1OC. The molecule has 2 rings (SSSR count). The Balaban J connectivity index is 2.38. The molecule has 1 fully saturated rings. The number of carbonyl (C=O) groups is 1. The van der Waals surface area contributed by atoms with E-state index in [1.54, 1.807) is 17.0 Å². The number of rotatable bonds is 6. The molecule has 1 aromatic rings. The monoisotopic (exact) mass is 290 g/mol. The summed E-state index contributed by atoms with van der Waals surface area (Å²) in [6.45, 7) is 0.0835. The van der Waals surface area contributed by atoms with Crippen molar-refractivity contribution in [3.63, 3.8) is 0 Å². The minimum atomic E-state index is -0.196. The summed E-state index contributed by atoms with van der Waals surface area (Å²) in [5.74, 6) is 1.09. The summed E-state index contributed by atoms with van der Waals surface area (Å²) in [6.07, 6.45) is 1.88. The second-order valence-corrected chi connectivity index (χ2v) is 4.74. The lowest BCUT2D eigenvalue weighted by atomic mass is 10.1. The molecule has 1 saturated carbocycles. The van der Waals surface area contributed by atoms with Gasteiger partial charge in [-0.3, -0.25) is 4.79 Å². The fraction of sp³-hybridized carbons (Fsp3) is 0.467. The van der Waals surface area contributed by atoms with Crippen LogP contribution in [0.4, 0.5) is 0 Å². The summed E-state index contributed by atoms with van der Waals surface area (Å²) in [4.78, 5) is 14.2. The van der Waals surface area contributed by atoms with Gasteiger partial charge in [0.1, 0.15) is 6.54 Å². The first kappa shape index (κ1) is 15.0. The van der Waals surface area contributed by atoms with Crippen LogP contribution in [0, 0.1) is 11.3 Å². The molecule has 0 N–H and O–H groups in total. The molecule has 1 amide bonds. The molecule has 21 heavy (non-hydrogen) atoms. The number of hydrogen-bond donors (Lipinski definition) is 0. The van der Waals surface area contributed by atoms with Crippen LogP contribution in [0.5, 0.6) is 17.2 Å². The van der Waals surface area contributed by atoms with Crippen LogP contribution in [0.2, 0.25) is 0 Å². The Morgan fingerprint density at radius 1 is 1.24 bits per heavy atom. The summed E-state index contributed by atoms with van der Waals surface area (Å²) < 4.78 is 15.7. The van der Waals surface area contributed by atoms with Gasteiger partial charge in [-0.2, -0.15) is 5.26 Å². The predicted molar refractivity (Wildman–Crippen MR) is 75.8 cm³/mol. The van der Waals surface area contributed by atoms with Gasteiger partial charge in [-0.15, -0.1) is 0 Å². The number of benzene rings is 1. The standard InChI is InChI=1S/C15H18N2O4/c1-19-12-8-10(9-13(20-2)14(12)21-3)15(18)17(7-6-16)11-4-5-11/h8-9,11H,4-5,7H2,1-3H3. The van der Waals surface area contributed by atoms with Crippen molar-refractivity contribution in [1.82, 2.24) is 4.90 Å². The van der Waals surface area contributed by atoms with E-state index in [0.717, 1.165) is 12.8 Å². The first-order valence-electron chi connectivity index (χ1n) is 6.64. The van der Waals surface area contributed by atoms with E-state index in [1.807, 2.05) is 6.07 Å². The highest BCUT2D eigenvalue weighted by Crippen LogP contribution is 2.39. The highest BCUT2D eigenvalue weighted by Gasteiger charge is 2.33. The van der Waals surface area contributed by atoms with Crippen molar-refractivity contribution >= 4 is 5.91 Å². The number of hydrogen-bond acceptors (Lipinski definition) is 5. The molecule has 0 saturated heterocycles. The number of amides is 1. The van der Waals surface area contributed by atoms with Gasteiger partial charge in [0.2, 0.25) is 5.75 Å². The topological polar surface area (TPSA) is 71.8 Å². The zero-order chi connectivity index (χ0) is 15.4. The average Bonchev–Trinajstić information content (AvgIpc) is 3.34. The normalized spacial score (nSPS) is 13.2. The summed E-state index contributed by atoms with van der Waals surface area (Å²) in [6, 6.07) is 5.42. The van der Waals surface area contributed by atoms with Gasteiger partial charge in [-0.25, -0.2) is 0 Å². The van der Waals surface area contributed by atoms with E-state index in [4.69, 9.17) is 19.5 Å². The van der Waals surface area contributed by atoms with Gasteiger partial charge < -0.3 is 19.1 Å². The molecule has 0 aromatic heterocycles. The third kappa shape index (κ3) is 3.02. The van der Waals surface area contributed by atoms with Crippen molar-refractivity contribution in [3.05, 3.63) is 17.7 Å². The van der Waals surface area contributed by atoms with Crippen LogP contribution in [0.3, 0.4) is 0 Å². The van der Waals surface area contributed by atoms with E-state index in [-0.39, 0.29) is 18.5 Å². The quantitative estimate of drug-likeness (QED) is 0.748. The Morgan fingerprint density at radius 2 is 1.81 bits per heavy atom. The first-order chi connectivity index (χ1) is 10.2. The fourth-order valence-electron chi connectivity index (χ4n) is 2.20. The first-order valence-corrected chi connectivity index (χ1v) is 6.64. The lowest BCUT2D eigenvalue weighted by Gasteiger charge is -2.20. The van der Waals surface area contributed by atoms with E-state index in [9.17, 15) is 4.79 Å². The van der Waals surface area contributed by atoms with Gasteiger partial charge >= 0.3 is 0 Å². The molecule has 6 heteroatoms. The molecule has 0 aliphatic heterocycles. The Kier molecular flexibility index (Phi) is 4.53. The molecule has 0 spiro atoms. The van der Waals surface area contributed by atoms with E-state index in [0.29, 0.717) is 22.8 Å². The Hall–Kier alpha value is -2.42. The zero-order valence-electron chi connectivity index (χ0n) is 12.4. The molecule has 1 aromatic carbocycles. The molecule has 0 heterocycles. The molecule has 1 aliphatic rings. The second kappa shape index (κ2) is 6.35. The van der Waals surface area contributed by atoms with E-state index in [1.165, 1.54) is 21.3 Å². The third-order valence-corrected chi connectivity index (χ3v) is 3.40. The van der Waals surface area contributed by atoms with Crippen molar-refractivity contribution in [2.75, 3.05) is 27.9 Å². The highest BCUT2D eigenvalue weighted by molar-refractivity contribution is 5.96. The van der Waals surface area contributed by atoms with Gasteiger partial charge in [-0.05, 0) is 25.0 Å². The van der Waals surface area contributed by atoms with E-state index < -0.39 is 0 Å². The lowest BCUT2D eigenvalue weighted by molar-refractivity contribution is 0.0764. The molecule has 1 aliphatic carbocycles. The van der Waals surface area contributed by atoms with Crippen molar-refractivity contribution in [2.24, 2.45) is 0 Å². The minimum Gasteiger partial charge on any atom is -0.493 e. The molecule has 112 valence electrons. The maximum absolute atomic E-state index is 12.6. The summed E-state index contributed by atoms with van der Waals surface area (Å²) in [5.41, 5.74) is 0.423. The van der Waals surface area contributed by atoms with Gasteiger partial charge in [-0.1, -0.05) is 0 Å². The number of nitrogens with zero attached hydrogens (tertiary/aromatic N) is 2. The molecule has 6 nitrogen and oxygen atoms in total. The van der Waals surface area contributed by atoms with Gasteiger partial charge in [0, 0.05) is 11.6 Å². The molecule has 0 unspecified atom stereocenters. The molecule has 0 atom stereocenters. The van der Waals surface area contributed by atoms with Crippen LogP contribution in [0.15, 0.2) is 12.1 Å². The van der Waals surface area contributed by atoms with Gasteiger partial charge in [0.15, 0.2) is 11.5 Å². The summed E-state index contributed by atoms with van der Waals surface area (Å²) in [5, 5.41) is 8.88. The highest BCUT2D eigenvalue weighted by atomic mass is 16.5. The lowest BCUT2D eigenvalue weighted by Crippen LogP contribution is -2.33. The summed E-state index contributed by atoms with van der Waals surface area (Å²) in [7, 11) is 4.51. The van der Waals surface area contributed by atoms with Crippen LogP contribution < -0.4 is 14.2 Å².